The van der Waals surface area contributed by atoms with Gasteiger partial charge in [-0.3, -0.25) is 9.69 Å². The fourth-order valence-corrected chi connectivity index (χ4v) is 2.00. The number of nitrogens with zero attached hydrogens (tertiary/aromatic N) is 1. The molecule has 3 nitrogen and oxygen atoms in total. The maximum absolute atomic E-state index is 11.2. The van der Waals surface area contributed by atoms with E-state index >= 15 is 0 Å². The summed E-state index contributed by atoms with van der Waals surface area (Å²) in [5.74, 6) is -0.710. The largest absolute Gasteiger partial charge is 0.480 e. The molecule has 1 N–H and O–H groups in total. The van der Waals surface area contributed by atoms with Gasteiger partial charge in [0.15, 0.2) is 0 Å². The predicted octanol–water partition coefficient (Wildman–Crippen LogP) is 1.89. The third-order valence-electron chi connectivity index (χ3n) is 2.96. The standard InChI is InChI=1S/C11H19NO2/c1-9(2)8-12-7-5-4-6-11(12,3)10(13)14/h1,4-8H2,2-3H3,(H,13,14). The first-order valence-corrected chi connectivity index (χ1v) is 5.09. The van der Waals surface area contributed by atoms with Gasteiger partial charge in [0.05, 0.1) is 0 Å². The number of hydrogen-bond donors (Lipinski definition) is 1. The summed E-state index contributed by atoms with van der Waals surface area (Å²) in [4.78, 5) is 13.2. The Labute approximate surface area is 85.4 Å². The Morgan fingerprint density at radius 3 is 2.71 bits per heavy atom. The van der Waals surface area contributed by atoms with Gasteiger partial charge >= 0.3 is 5.97 Å². The normalized spacial score (nSPS) is 28.7. The SMILES string of the molecule is C=C(C)CN1CCCCC1(C)C(=O)O. The lowest BCUT2D eigenvalue weighted by Crippen LogP contribution is -2.55. The summed E-state index contributed by atoms with van der Waals surface area (Å²) in [6, 6.07) is 0. The topological polar surface area (TPSA) is 40.5 Å². The van der Waals surface area contributed by atoms with Crippen molar-refractivity contribution in [2.24, 2.45) is 0 Å². The van der Waals surface area contributed by atoms with Crippen molar-refractivity contribution in [1.82, 2.24) is 4.90 Å². The van der Waals surface area contributed by atoms with Crippen molar-refractivity contribution in [3.63, 3.8) is 0 Å². The lowest BCUT2D eigenvalue weighted by molar-refractivity contribution is -0.152. The highest BCUT2D eigenvalue weighted by atomic mass is 16.4. The van der Waals surface area contributed by atoms with E-state index in [1.807, 2.05) is 18.7 Å². The van der Waals surface area contributed by atoms with Gasteiger partial charge in [-0.2, -0.15) is 0 Å². The highest BCUT2D eigenvalue weighted by Crippen LogP contribution is 2.28. The van der Waals surface area contributed by atoms with Crippen LogP contribution in [0.4, 0.5) is 0 Å². The fourth-order valence-electron chi connectivity index (χ4n) is 2.00. The van der Waals surface area contributed by atoms with E-state index in [4.69, 9.17) is 0 Å². The molecule has 1 rings (SSSR count). The van der Waals surface area contributed by atoms with E-state index in [1.54, 1.807) is 0 Å². The molecule has 0 amide bonds. The number of likely N-dealkylation sites (tertiary alicyclic amines) is 1. The highest BCUT2D eigenvalue weighted by Gasteiger charge is 2.40. The third-order valence-corrected chi connectivity index (χ3v) is 2.96. The minimum absolute atomic E-state index is 0.683. The van der Waals surface area contributed by atoms with E-state index in [9.17, 15) is 9.90 Å². The Balaban J connectivity index is 2.77. The zero-order chi connectivity index (χ0) is 10.8. The van der Waals surface area contributed by atoms with Crippen molar-refractivity contribution in [2.75, 3.05) is 13.1 Å². The van der Waals surface area contributed by atoms with E-state index in [0.29, 0.717) is 6.54 Å². The molecule has 3 heteroatoms. The lowest BCUT2D eigenvalue weighted by atomic mass is 9.88. The number of rotatable bonds is 3. The van der Waals surface area contributed by atoms with Gasteiger partial charge in [0.1, 0.15) is 5.54 Å². The Kier molecular flexibility index (Phi) is 3.32. The van der Waals surface area contributed by atoms with Crippen molar-refractivity contribution in [3.05, 3.63) is 12.2 Å². The molecule has 1 fully saturated rings. The van der Waals surface area contributed by atoms with Crippen LogP contribution in [-0.4, -0.2) is 34.6 Å². The zero-order valence-electron chi connectivity index (χ0n) is 9.05. The van der Waals surface area contributed by atoms with E-state index in [-0.39, 0.29) is 0 Å². The van der Waals surface area contributed by atoms with E-state index in [0.717, 1.165) is 31.4 Å². The average molecular weight is 197 g/mol. The number of hydrogen-bond acceptors (Lipinski definition) is 2. The van der Waals surface area contributed by atoms with E-state index in [1.165, 1.54) is 0 Å². The zero-order valence-corrected chi connectivity index (χ0v) is 9.05. The molecule has 1 heterocycles. The molecule has 80 valence electrons. The van der Waals surface area contributed by atoms with Crippen LogP contribution in [0.3, 0.4) is 0 Å². The Bertz CT molecular complexity index is 250. The minimum atomic E-state index is -0.710. The van der Waals surface area contributed by atoms with Crippen LogP contribution in [0.5, 0.6) is 0 Å². The quantitative estimate of drug-likeness (QED) is 0.702. The molecule has 0 spiro atoms. The Morgan fingerprint density at radius 2 is 2.21 bits per heavy atom. The number of aliphatic carboxylic acids is 1. The molecular formula is C11H19NO2. The summed E-state index contributed by atoms with van der Waals surface area (Å²) >= 11 is 0. The molecular weight excluding hydrogens is 178 g/mol. The molecule has 0 aliphatic carbocycles. The highest BCUT2D eigenvalue weighted by molar-refractivity contribution is 5.78. The van der Waals surface area contributed by atoms with Crippen LogP contribution in [0.1, 0.15) is 33.1 Å². The van der Waals surface area contributed by atoms with Gasteiger partial charge in [0.2, 0.25) is 0 Å². The van der Waals surface area contributed by atoms with E-state index < -0.39 is 11.5 Å². The van der Waals surface area contributed by atoms with Crippen LogP contribution in [0, 0.1) is 0 Å². The van der Waals surface area contributed by atoms with E-state index in [2.05, 4.69) is 6.58 Å². The summed E-state index contributed by atoms with van der Waals surface area (Å²) in [6.45, 7) is 9.17. The average Bonchev–Trinajstić information content (AvgIpc) is 2.08. The van der Waals surface area contributed by atoms with Gasteiger partial charge in [-0.05, 0) is 39.7 Å². The summed E-state index contributed by atoms with van der Waals surface area (Å²) in [5, 5.41) is 9.21. The predicted molar refractivity (Wildman–Crippen MR) is 56.3 cm³/mol. The molecule has 0 aromatic heterocycles. The second-order valence-corrected chi connectivity index (χ2v) is 4.41. The number of carboxylic acids is 1. The number of carbonyl (C=O) groups is 1. The van der Waals surface area contributed by atoms with Gasteiger partial charge in [-0.1, -0.05) is 12.2 Å². The molecule has 1 unspecified atom stereocenters. The van der Waals surface area contributed by atoms with Crippen molar-refractivity contribution in [2.45, 2.75) is 38.6 Å². The maximum atomic E-state index is 11.2. The Morgan fingerprint density at radius 1 is 1.57 bits per heavy atom. The summed E-state index contributed by atoms with van der Waals surface area (Å²) in [6.07, 6.45) is 2.85. The second kappa shape index (κ2) is 4.13. The molecule has 14 heavy (non-hydrogen) atoms. The summed E-state index contributed by atoms with van der Waals surface area (Å²) < 4.78 is 0. The summed E-state index contributed by atoms with van der Waals surface area (Å²) in [5.41, 5.74) is 0.344. The van der Waals surface area contributed by atoms with Gasteiger partial charge in [0.25, 0.3) is 0 Å². The van der Waals surface area contributed by atoms with Crippen LogP contribution in [0.25, 0.3) is 0 Å². The number of carboxylic acid groups (broad SMARTS) is 1. The Hall–Kier alpha value is -0.830. The van der Waals surface area contributed by atoms with Crippen molar-refractivity contribution in [1.29, 1.82) is 0 Å². The van der Waals surface area contributed by atoms with Crippen molar-refractivity contribution >= 4 is 5.97 Å². The van der Waals surface area contributed by atoms with Crippen LogP contribution in [0.15, 0.2) is 12.2 Å². The van der Waals surface area contributed by atoms with Crippen LogP contribution < -0.4 is 0 Å². The monoisotopic (exact) mass is 197 g/mol. The first-order chi connectivity index (χ1) is 6.47. The summed E-state index contributed by atoms with van der Waals surface area (Å²) in [7, 11) is 0. The molecule has 1 aliphatic rings. The van der Waals surface area contributed by atoms with Gasteiger partial charge in [-0.25, -0.2) is 0 Å². The van der Waals surface area contributed by atoms with Crippen molar-refractivity contribution in [3.8, 4) is 0 Å². The fraction of sp³-hybridized carbons (Fsp3) is 0.727. The molecule has 0 radical (unpaired) electrons. The molecule has 0 bridgehead atoms. The molecule has 1 aliphatic heterocycles. The number of piperidine rings is 1. The maximum Gasteiger partial charge on any atom is 0.323 e. The second-order valence-electron chi connectivity index (χ2n) is 4.41. The first kappa shape index (κ1) is 11.2. The van der Waals surface area contributed by atoms with Gasteiger partial charge in [0, 0.05) is 6.54 Å². The van der Waals surface area contributed by atoms with Gasteiger partial charge < -0.3 is 5.11 Å². The third kappa shape index (κ3) is 2.15. The van der Waals surface area contributed by atoms with Crippen LogP contribution >= 0.6 is 0 Å². The van der Waals surface area contributed by atoms with Crippen LogP contribution in [-0.2, 0) is 4.79 Å². The smallest absolute Gasteiger partial charge is 0.323 e. The molecule has 0 aromatic carbocycles. The molecule has 0 saturated carbocycles. The molecule has 0 aromatic rings. The van der Waals surface area contributed by atoms with Gasteiger partial charge in [-0.15, -0.1) is 0 Å². The van der Waals surface area contributed by atoms with Crippen LogP contribution in [0.2, 0.25) is 0 Å². The van der Waals surface area contributed by atoms with Crippen molar-refractivity contribution < 1.29 is 9.90 Å². The minimum Gasteiger partial charge on any atom is -0.480 e. The lowest BCUT2D eigenvalue weighted by Gasteiger charge is -2.41. The molecule has 1 atom stereocenters. The first-order valence-electron chi connectivity index (χ1n) is 5.09. The molecule has 1 saturated heterocycles.